The van der Waals surface area contributed by atoms with E-state index in [0.29, 0.717) is 11.6 Å². The lowest BCUT2D eigenvalue weighted by Gasteiger charge is -2.13. The number of ether oxygens (including phenoxy) is 1. The molecule has 0 fully saturated rings. The van der Waals surface area contributed by atoms with Gasteiger partial charge in [0.15, 0.2) is 0 Å². The number of aliphatic hydroxyl groups is 1. The first-order chi connectivity index (χ1) is 10.2. The van der Waals surface area contributed by atoms with Crippen molar-refractivity contribution in [3.63, 3.8) is 0 Å². The van der Waals surface area contributed by atoms with Gasteiger partial charge in [-0.1, -0.05) is 30.3 Å². The molecule has 1 N–H and O–H groups in total. The van der Waals surface area contributed by atoms with Gasteiger partial charge in [0, 0.05) is 19.4 Å². The minimum atomic E-state index is -0.774. The van der Waals surface area contributed by atoms with Crippen LogP contribution in [0, 0.1) is 0 Å². The van der Waals surface area contributed by atoms with Crippen molar-refractivity contribution >= 4 is 0 Å². The fraction of sp³-hybridized carbons (Fsp3) is 0.118. The molecule has 1 heterocycles. The number of rotatable bonds is 4. The maximum absolute atomic E-state index is 10.4. The van der Waals surface area contributed by atoms with Gasteiger partial charge in [-0.25, -0.2) is 4.98 Å². The van der Waals surface area contributed by atoms with E-state index in [-0.39, 0.29) is 0 Å². The summed E-state index contributed by atoms with van der Waals surface area (Å²) in [6, 6.07) is 17.0. The van der Waals surface area contributed by atoms with Gasteiger partial charge in [-0.2, -0.15) is 0 Å². The van der Waals surface area contributed by atoms with Crippen molar-refractivity contribution in [2.24, 2.45) is 7.05 Å². The van der Waals surface area contributed by atoms with Gasteiger partial charge in [0.25, 0.3) is 0 Å². The summed E-state index contributed by atoms with van der Waals surface area (Å²) in [7, 11) is 1.86. The monoisotopic (exact) mass is 280 g/mol. The lowest BCUT2D eigenvalue weighted by atomic mass is 10.1. The Morgan fingerprint density at radius 1 is 1.05 bits per heavy atom. The molecular weight excluding hydrogens is 264 g/mol. The van der Waals surface area contributed by atoms with Gasteiger partial charge in [-0.05, 0) is 29.8 Å². The van der Waals surface area contributed by atoms with Crippen molar-refractivity contribution in [1.29, 1.82) is 0 Å². The fourth-order valence-corrected chi connectivity index (χ4v) is 2.16. The third kappa shape index (κ3) is 2.95. The second-order valence-electron chi connectivity index (χ2n) is 4.79. The molecule has 1 atom stereocenters. The highest BCUT2D eigenvalue weighted by atomic mass is 16.5. The Bertz CT molecular complexity index is 722. The molecule has 0 spiro atoms. The van der Waals surface area contributed by atoms with E-state index in [1.165, 1.54) is 0 Å². The summed E-state index contributed by atoms with van der Waals surface area (Å²) < 4.78 is 7.58. The average Bonchev–Trinajstić information content (AvgIpc) is 2.94. The number of para-hydroxylation sites is 1. The van der Waals surface area contributed by atoms with E-state index in [2.05, 4.69) is 4.98 Å². The summed E-state index contributed by atoms with van der Waals surface area (Å²) >= 11 is 0. The summed E-state index contributed by atoms with van der Waals surface area (Å²) in [4.78, 5) is 4.18. The van der Waals surface area contributed by atoms with Crippen LogP contribution in [0.3, 0.4) is 0 Å². The van der Waals surface area contributed by atoms with Crippen LogP contribution < -0.4 is 4.74 Å². The number of aromatic nitrogens is 2. The van der Waals surface area contributed by atoms with Crippen LogP contribution in [0.4, 0.5) is 0 Å². The Morgan fingerprint density at radius 2 is 1.81 bits per heavy atom. The first-order valence-electron chi connectivity index (χ1n) is 6.72. The van der Waals surface area contributed by atoms with Crippen LogP contribution >= 0.6 is 0 Å². The number of benzene rings is 2. The molecule has 2 aromatic carbocycles. The molecule has 0 aliphatic rings. The molecule has 0 aliphatic carbocycles. The van der Waals surface area contributed by atoms with Crippen molar-refractivity contribution in [3.8, 4) is 11.5 Å². The van der Waals surface area contributed by atoms with E-state index in [1.54, 1.807) is 10.8 Å². The van der Waals surface area contributed by atoms with Crippen LogP contribution in [0.1, 0.15) is 17.5 Å². The second kappa shape index (κ2) is 5.81. The predicted octanol–water partition coefficient (Wildman–Crippen LogP) is 3.29. The Labute approximate surface area is 123 Å². The quantitative estimate of drug-likeness (QED) is 0.797. The second-order valence-corrected chi connectivity index (χ2v) is 4.79. The van der Waals surface area contributed by atoms with Gasteiger partial charge in [-0.15, -0.1) is 0 Å². The number of aryl methyl sites for hydroxylation is 1. The van der Waals surface area contributed by atoms with Crippen molar-refractivity contribution in [3.05, 3.63) is 78.4 Å². The minimum absolute atomic E-state index is 0.604. The molecule has 1 unspecified atom stereocenters. The van der Waals surface area contributed by atoms with Crippen LogP contribution in [-0.2, 0) is 7.05 Å². The van der Waals surface area contributed by atoms with Gasteiger partial charge in [0.2, 0.25) is 0 Å². The third-order valence-electron chi connectivity index (χ3n) is 3.26. The molecular formula is C17H16N2O2. The van der Waals surface area contributed by atoms with Crippen molar-refractivity contribution in [1.82, 2.24) is 9.55 Å². The maximum atomic E-state index is 10.4. The Kier molecular flexibility index (Phi) is 3.71. The molecule has 21 heavy (non-hydrogen) atoms. The Hall–Kier alpha value is -2.59. The molecule has 0 aliphatic heterocycles. The number of aliphatic hydroxyl groups excluding tert-OH is 1. The molecule has 0 amide bonds. The summed E-state index contributed by atoms with van der Waals surface area (Å²) in [5.74, 6) is 2.06. The smallest absolute Gasteiger partial charge is 0.142 e. The zero-order chi connectivity index (χ0) is 14.7. The topological polar surface area (TPSA) is 47.3 Å². The van der Waals surface area contributed by atoms with Crippen molar-refractivity contribution < 1.29 is 9.84 Å². The average molecular weight is 280 g/mol. The first kappa shape index (κ1) is 13.4. The van der Waals surface area contributed by atoms with Crippen LogP contribution in [0.2, 0.25) is 0 Å². The standard InChI is InChI=1S/C17H16N2O2/c1-19-11-10-18-17(19)16(20)13-6-5-9-15(12-13)21-14-7-3-2-4-8-14/h2-12,16,20H,1H3. The molecule has 4 heteroatoms. The molecule has 3 rings (SSSR count). The van der Waals surface area contributed by atoms with Crippen LogP contribution in [0.5, 0.6) is 11.5 Å². The van der Waals surface area contributed by atoms with Crippen molar-refractivity contribution in [2.75, 3.05) is 0 Å². The SMILES string of the molecule is Cn1ccnc1C(O)c1cccc(Oc2ccccc2)c1. The molecule has 0 radical (unpaired) electrons. The van der Waals surface area contributed by atoms with E-state index < -0.39 is 6.10 Å². The van der Waals surface area contributed by atoms with Gasteiger partial charge in [0.1, 0.15) is 23.4 Å². The van der Waals surface area contributed by atoms with E-state index >= 15 is 0 Å². The van der Waals surface area contributed by atoms with Crippen LogP contribution in [0.15, 0.2) is 67.0 Å². The van der Waals surface area contributed by atoms with Gasteiger partial charge >= 0.3 is 0 Å². The van der Waals surface area contributed by atoms with Gasteiger partial charge < -0.3 is 14.4 Å². The van der Waals surface area contributed by atoms with Gasteiger partial charge in [-0.3, -0.25) is 0 Å². The minimum Gasteiger partial charge on any atom is -0.457 e. The first-order valence-corrected chi connectivity index (χ1v) is 6.72. The number of imidazole rings is 1. The van der Waals surface area contributed by atoms with Gasteiger partial charge in [0.05, 0.1) is 0 Å². The molecule has 4 nitrogen and oxygen atoms in total. The number of hydrogen-bond acceptors (Lipinski definition) is 3. The molecule has 0 saturated carbocycles. The molecule has 3 aromatic rings. The Balaban J connectivity index is 1.85. The number of hydrogen-bond donors (Lipinski definition) is 1. The third-order valence-corrected chi connectivity index (χ3v) is 3.26. The fourth-order valence-electron chi connectivity index (χ4n) is 2.16. The van der Waals surface area contributed by atoms with E-state index in [4.69, 9.17) is 4.74 Å². The number of nitrogens with zero attached hydrogens (tertiary/aromatic N) is 2. The summed E-state index contributed by atoms with van der Waals surface area (Å²) in [5, 5.41) is 10.4. The molecule has 106 valence electrons. The molecule has 1 aromatic heterocycles. The highest BCUT2D eigenvalue weighted by molar-refractivity contribution is 5.36. The van der Waals surface area contributed by atoms with Crippen LogP contribution in [0.25, 0.3) is 0 Å². The molecule has 0 saturated heterocycles. The maximum Gasteiger partial charge on any atom is 0.142 e. The summed E-state index contributed by atoms with van der Waals surface area (Å²) in [5.41, 5.74) is 0.748. The highest BCUT2D eigenvalue weighted by Gasteiger charge is 2.15. The Morgan fingerprint density at radius 3 is 2.52 bits per heavy atom. The lowest BCUT2D eigenvalue weighted by Crippen LogP contribution is -2.06. The molecule has 0 bridgehead atoms. The zero-order valence-corrected chi connectivity index (χ0v) is 11.7. The van der Waals surface area contributed by atoms with E-state index in [1.807, 2.05) is 67.8 Å². The van der Waals surface area contributed by atoms with E-state index in [9.17, 15) is 5.11 Å². The largest absolute Gasteiger partial charge is 0.457 e. The van der Waals surface area contributed by atoms with Crippen molar-refractivity contribution in [2.45, 2.75) is 6.10 Å². The van der Waals surface area contributed by atoms with Crippen LogP contribution in [-0.4, -0.2) is 14.7 Å². The summed E-state index contributed by atoms with van der Waals surface area (Å²) in [6.45, 7) is 0. The summed E-state index contributed by atoms with van der Waals surface area (Å²) in [6.07, 6.45) is 2.70. The zero-order valence-electron chi connectivity index (χ0n) is 11.7. The normalized spacial score (nSPS) is 12.1. The van der Waals surface area contributed by atoms with E-state index in [0.717, 1.165) is 11.3 Å². The highest BCUT2D eigenvalue weighted by Crippen LogP contribution is 2.26. The predicted molar refractivity (Wildman–Crippen MR) is 80.2 cm³/mol. The lowest BCUT2D eigenvalue weighted by molar-refractivity contribution is 0.206.